The highest BCUT2D eigenvalue weighted by Crippen LogP contribution is 2.46. The van der Waals surface area contributed by atoms with Crippen LogP contribution in [0.1, 0.15) is 17.2 Å². The molecule has 2 aromatic heterocycles. The first-order chi connectivity index (χ1) is 13.7. The molecule has 1 unspecified atom stereocenters. The van der Waals surface area contributed by atoms with E-state index >= 15 is 0 Å². The molecule has 0 amide bonds. The second-order valence-corrected chi connectivity index (χ2v) is 6.72. The molecule has 0 spiro atoms. The lowest BCUT2D eigenvalue weighted by Gasteiger charge is -2.21. The summed E-state index contributed by atoms with van der Waals surface area (Å²) in [7, 11) is 3.06. The van der Waals surface area contributed by atoms with Gasteiger partial charge >= 0.3 is 0 Å². The minimum atomic E-state index is -0.177. The molecular weight excluding hydrogens is 354 g/mol. The van der Waals surface area contributed by atoms with Gasteiger partial charge in [0.2, 0.25) is 5.75 Å². The van der Waals surface area contributed by atoms with Crippen LogP contribution in [0.25, 0.3) is 22.2 Å². The Morgan fingerprint density at radius 1 is 1.00 bits per heavy atom. The Morgan fingerprint density at radius 2 is 1.75 bits per heavy atom. The molecule has 0 saturated heterocycles. The van der Waals surface area contributed by atoms with E-state index in [1.165, 1.54) is 14.2 Å². The fourth-order valence-electron chi connectivity index (χ4n) is 3.95. The zero-order valence-electron chi connectivity index (χ0n) is 15.5. The SMILES string of the molecule is COc1cc(C2Nc3ccccc3-c3ccnc4[nH]cc2c34)cc(OC)c1O. The summed E-state index contributed by atoms with van der Waals surface area (Å²) < 4.78 is 10.7. The maximum absolute atomic E-state index is 10.3. The van der Waals surface area contributed by atoms with Crippen LogP contribution >= 0.6 is 0 Å². The number of anilines is 1. The number of pyridine rings is 1. The van der Waals surface area contributed by atoms with Crippen molar-refractivity contribution in [2.45, 2.75) is 6.04 Å². The van der Waals surface area contributed by atoms with E-state index in [1.54, 1.807) is 0 Å². The summed E-state index contributed by atoms with van der Waals surface area (Å²) in [6.07, 6.45) is 3.80. The Kier molecular flexibility index (Phi) is 3.65. The maximum Gasteiger partial charge on any atom is 0.200 e. The van der Waals surface area contributed by atoms with Gasteiger partial charge < -0.3 is 24.9 Å². The molecule has 0 saturated carbocycles. The van der Waals surface area contributed by atoms with E-state index in [9.17, 15) is 5.11 Å². The van der Waals surface area contributed by atoms with E-state index in [2.05, 4.69) is 27.4 Å². The smallest absolute Gasteiger partial charge is 0.200 e. The number of hydrogen-bond donors (Lipinski definition) is 3. The van der Waals surface area contributed by atoms with Crippen LogP contribution in [-0.4, -0.2) is 29.3 Å². The van der Waals surface area contributed by atoms with Crippen LogP contribution in [0.4, 0.5) is 5.69 Å². The van der Waals surface area contributed by atoms with Crippen molar-refractivity contribution in [3.8, 4) is 28.4 Å². The Morgan fingerprint density at radius 3 is 2.50 bits per heavy atom. The molecule has 0 bridgehead atoms. The third-order valence-corrected chi connectivity index (χ3v) is 5.27. The van der Waals surface area contributed by atoms with Gasteiger partial charge in [-0.15, -0.1) is 0 Å². The van der Waals surface area contributed by atoms with Crippen molar-refractivity contribution in [3.05, 3.63) is 66.0 Å². The second-order valence-electron chi connectivity index (χ2n) is 6.72. The molecule has 2 aromatic carbocycles. The molecular formula is C22H19N3O3. The first-order valence-corrected chi connectivity index (χ1v) is 8.98. The molecule has 3 N–H and O–H groups in total. The summed E-state index contributed by atoms with van der Waals surface area (Å²) in [6, 6.07) is 13.8. The molecule has 6 heteroatoms. The maximum atomic E-state index is 10.3. The highest BCUT2D eigenvalue weighted by atomic mass is 16.5. The number of rotatable bonds is 3. The summed E-state index contributed by atoms with van der Waals surface area (Å²) in [5.74, 6) is 0.725. The lowest BCUT2D eigenvalue weighted by Crippen LogP contribution is -2.11. The lowest BCUT2D eigenvalue weighted by molar-refractivity contribution is 0.339. The van der Waals surface area contributed by atoms with Crippen molar-refractivity contribution >= 4 is 16.7 Å². The third kappa shape index (κ3) is 2.31. The van der Waals surface area contributed by atoms with Gasteiger partial charge in [0.15, 0.2) is 11.5 Å². The van der Waals surface area contributed by atoms with Crippen LogP contribution in [0.15, 0.2) is 54.9 Å². The summed E-state index contributed by atoms with van der Waals surface area (Å²) in [5, 5.41) is 15.0. The van der Waals surface area contributed by atoms with Gasteiger partial charge in [0.25, 0.3) is 0 Å². The predicted molar refractivity (Wildman–Crippen MR) is 108 cm³/mol. The molecule has 1 aliphatic heterocycles. The van der Waals surface area contributed by atoms with Crippen molar-refractivity contribution in [2.24, 2.45) is 0 Å². The molecule has 140 valence electrons. The van der Waals surface area contributed by atoms with E-state index in [1.807, 2.05) is 42.7 Å². The van der Waals surface area contributed by atoms with Gasteiger partial charge in [0.1, 0.15) is 5.65 Å². The number of ether oxygens (including phenoxy) is 2. The summed E-state index contributed by atoms with van der Waals surface area (Å²) in [6.45, 7) is 0. The first-order valence-electron chi connectivity index (χ1n) is 8.98. The molecule has 4 aromatic rings. The largest absolute Gasteiger partial charge is 0.502 e. The van der Waals surface area contributed by atoms with Crippen LogP contribution in [0.5, 0.6) is 17.2 Å². The number of phenolic OH excluding ortho intramolecular Hbond substituents is 1. The number of aromatic hydroxyl groups is 1. The number of fused-ring (bicyclic) bond motifs is 2. The van der Waals surface area contributed by atoms with Gasteiger partial charge in [-0.1, -0.05) is 18.2 Å². The number of methoxy groups -OCH3 is 2. The molecule has 1 aliphatic rings. The predicted octanol–water partition coefficient (Wildman–Crippen LogP) is 4.47. The fraction of sp³-hybridized carbons (Fsp3) is 0.136. The van der Waals surface area contributed by atoms with Gasteiger partial charge in [-0.05, 0) is 35.4 Å². The second kappa shape index (κ2) is 6.20. The zero-order valence-corrected chi connectivity index (χ0v) is 15.5. The highest BCUT2D eigenvalue weighted by molar-refractivity contribution is 6.01. The number of phenols is 1. The summed E-state index contributed by atoms with van der Waals surface area (Å²) >= 11 is 0. The molecule has 0 radical (unpaired) electrons. The topological polar surface area (TPSA) is 79.4 Å². The molecule has 28 heavy (non-hydrogen) atoms. The molecule has 1 atom stereocenters. The molecule has 5 rings (SSSR count). The number of nitrogens with one attached hydrogen (secondary N) is 2. The lowest BCUT2D eigenvalue weighted by atomic mass is 9.96. The number of aromatic amines is 1. The van der Waals surface area contributed by atoms with Gasteiger partial charge in [-0.3, -0.25) is 0 Å². The monoisotopic (exact) mass is 373 g/mol. The van der Waals surface area contributed by atoms with Crippen molar-refractivity contribution < 1.29 is 14.6 Å². The number of benzene rings is 2. The zero-order chi connectivity index (χ0) is 19.3. The Balaban J connectivity index is 1.80. The van der Waals surface area contributed by atoms with E-state index in [0.717, 1.165) is 39.0 Å². The fourth-order valence-corrected chi connectivity index (χ4v) is 3.95. The highest BCUT2D eigenvalue weighted by Gasteiger charge is 2.27. The molecule has 0 aliphatic carbocycles. The van der Waals surface area contributed by atoms with Crippen LogP contribution in [0, 0.1) is 0 Å². The van der Waals surface area contributed by atoms with E-state index in [4.69, 9.17) is 9.47 Å². The molecule has 0 fully saturated rings. The van der Waals surface area contributed by atoms with E-state index < -0.39 is 0 Å². The Bertz CT molecular complexity index is 1170. The standard InChI is InChI=1S/C22H19N3O3/c1-27-17-9-12(10-18(28-2)21(17)26)20-15-11-24-22-19(15)14(7-8-23-22)13-5-3-4-6-16(13)25-20/h3-11,20,25-26H,1-2H3,(H,23,24). The molecule has 3 heterocycles. The van der Waals surface area contributed by atoms with Gasteiger partial charge in [-0.2, -0.15) is 0 Å². The number of H-pyrrole nitrogens is 1. The van der Waals surface area contributed by atoms with Gasteiger partial charge in [0.05, 0.1) is 20.3 Å². The minimum Gasteiger partial charge on any atom is -0.502 e. The average Bonchev–Trinajstić information content (AvgIpc) is 3.10. The molecule has 6 nitrogen and oxygen atoms in total. The van der Waals surface area contributed by atoms with Crippen molar-refractivity contribution in [1.82, 2.24) is 9.97 Å². The first kappa shape index (κ1) is 16.5. The third-order valence-electron chi connectivity index (χ3n) is 5.27. The quantitative estimate of drug-likeness (QED) is 0.494. The van der Waals surface area contributed by atoms with Crippen molar-refractivity contribution in [2.75, 3.05) is 19.5 Å². The summed E-state index contributed by atoms with van der Waals surface area (Å²) in [4.78, 5) is 7.78. The number of aromatic nitrogens is 2. The normalized spacial score (nSPS) is 14.9. The Hall–Kier alpha value is -3.67. The number of para-hydroxylation sites is 1. The van der Waals surface area contributed by atoms with Crippen LogP contribution in [0.2, 0.25) is 0 Å². The average molecular weight is 373 g/mol. The van der Waals surface area contributed by atoms with Crippen LogP contribution in [0.3, 0.4) is 0 Å². The Labute approximate surface area is 161 Å². The van der Waals surface area contributed by atoms with Gasteiger partial charge in [0, 0.05) is 34.6 Å². The minimum absolute atomic E-state index is 0.0101. The number of nitrogens with zero attached hydrogens (tertiary/aromatic N) is 1. The van der Waals surface area contributed by atoms with Crippen LogP contribution < -0.4 is 14.8 Å². The van der Waals surface area contributed by atoms with Crippen LogP contribution in [-0.2, 0) is 0 Å². The van der Waals surface area contributed by atoms with Crippen molar-refractivity contribution in [3.63, 3.8) is 0 Å². The van der Waals surface area contributed by atoms with Crippen molar-refractivity contribution in [1.29, 1.82) is 0 Å². The summed E-state index contributed by atoms with van der Waals surface area (Å²) in [5.41, 5.74) is 6.11. The van der Waals surface area contributed by atoms with E-state index in [0.29, 0.717) is 11.5 Å². The van der Waals surface area contributed by atoms with E-state index in [-0.39, 0.29) is 11.8 Å². The number of hydrogen-bond acceptors (Lipinski definition) is 5. The van der Waals surface area contributed by atoms with Gasteiger partial charge in [-0.25, -0.2) is 4.98 Å².